The first kappa shape index (κ1) is 11.4. The summed E-state index contributed by atoms with van der Waals surface area (Å²) in [4.78, 5) is 1.40. The van der Waals surface area contributed by atoms with E-state index in [1.165, 1.54) is 10.4 Å². The van der Waals surface area contributed by atoms with Gasteiger partial charge < -0.3 is 5.32 Å². The van der Waals surface area contributed by atoms with Crippen molar-refractivity contribution < 1.29 is 0 Å². The Balaban J connectivity index is 1.59. The van der Waals surface area contributed by atoms with Gasteiger partial charge >= 0.3 is 0 Å². The maximum atomic E-state index is 4.25. The Morgan fingerprint density at radius 3 is 3.12 bits per heavy atom. The van der Waals surface area contributed by atoms with E-state index in [0.717, 1.165) is 26.1 Å². The molecule has 0 atom stereocenters. The molecule has 2 rings (SSSR count). The first-order chi connectivity index (χ1) is 7.84. The van der Waals surface area contributed by atoms with E-state index in [9.17, 15) is 0 Å². The van der Waals surface area contributed by atoms with Crippen LogP contribution in [0.15, 0.2) is 29.9 Å². The maximum Gasteiger partial charge on any atom is 0.0518 e. The lowest BCUT2D eigenvalue weighted by Crippen LogP contribution is -2.15. The molecule has 0 unspecified atom stereocenters. The standard InChI is InChI=1S/C12H17N3S/c1-11-8-14-15(10-11)6-3-5-13-9-12-4-2-7-16-12/h2,4,7-8,10,13H,3,5-6,9H2,1H3. The second-order valence-electron chi connectivity index (χ2n) is 3.89. The molecule has 0 saturated carbocycles. The van der Waals surface area contributed by atoms with Crippen LogP contribution in [0.4, 0.5) is 0 Å². The van der Waals surface area contributed by atoms with Gasteiger partial charge in [-0.1, -0.05) is 6.07 Å². The summed E-state index contributed by atoms with van der Waals surface area (Å²) in [6.45, 7) is 5.08. The van der Waals surface area contributed by atoms with Crippen molar-refractivity contribution in [3.8, 4) is 0 Å². The molecule has 0 saturated heterocycles. The van der Waals surface area contributed by atoms with Crippen LogP contribution >= 0.6 is 11.3 Å². The number of rotatable bonds is 6. The summed E-state index contributed by atoms with van der Waals surface area (Å²) >= 11 is 1.80. The molecule has 0 aliphatic rings. The van der Waals surface area contributed by atoms with Gasteiger partial charge in [-0.2, -0.15) is 5.10 Å². The zero-order valence-corrected chi connectivity index (χ0v) is 10.3. The molecule has 0 amide bonds. The Morgan fingerprint density at radius 1 is 1.50 bits per heavy atom. The van der Waals surface area contributed by atoms with E-state index in [4.69, 9.17) is 0 Å². The highest BCUT2D eigenvalue weighted by Crippen LogP contribution is 2.07. The van der Waals surface area contributed by atoms with Crippen LogP contribution in [0, 0.1) is 6.92 Å². The van der Waals surface area contributed by atoms with Crippen LogP contribution in [0.25, 0.3) is 0 Å². The second-order valence-corrected chi connectivity index (χ2v) is 4.92. The average Bonchev–Trinajstić information content (AvgIpc) is 2.89. The van der Waals surface area contributed by atoms with Gasteiger partial charge in [0.2, 0.25) is 0 Å². The lowest BCUT2D eigenvalue weighted by Gasteiger charge is -2.03. The molecular formula is C12H17N3S. The molecule has 4 heteroatoms. The number of hydrogen-bond donors (Lipinski definition) is 1. The van der Waals surface area contributed by atoms with Gasteiger partial charge in [0.05, 0.1) is 6.20 Å². The van der Waals surface area contributed by atoms with Crippen molar-refractivity contribution in [1.82, 2.24) is 15.1 Å². The predicted octanol–water partition coefficient (Wildman–Crippen LogP) is 2.43. The normalized spacial score (nSPS) is 10.8. The minimum Gasteiger partial charge on any atom is -0.312 e. The number of thiophene rings is 1. The topological polar surface area (TPSA) is 29.9 Å². The third kappa shape index (κ3) is 3.47. The molecule has 2 heterocycles. The minimum absolute atomic E-state index is 0.982. The van der Waals surface area contributed by atoms with Gasteiger partial charge in [-0.3, -0.25) is 4.68 Å². The van der Waals surface area contributed by atoms with Crippen LogP contribution in [0.5, 0.6) is 0 Å². The summed E-state index contributed by atoms with van der Waals surface area (Å²) in [6.07, 6.45) is 5.10. The van der Waals surface area contributed by atoms with E-state index in [0.29, 0.717) is 0 Å². The van der Waals surface area contributed by atoms with E-state index in [-0.39, 0.29) is 0 Å². The number of hydrogen-bond acceptors (Lipinski definition) is 3. The van der Waals surface area contributed by atoms with Crippen molar-refractivity contribution in [3.05, 3.63) is 40.3 Å². The monoisotopic (exact) mass is 235 g/mol. The summed E-state index contributed by atoms with van der Waals surface area (Å²) in [6, 6.07) is 4.25. The van der Waals surface area contributed by atoms with E-state index >= 15 is 0 Å². The van der Waals surface area contributed by atoms with Crippen molar-refractivity contribution in [2.75, 3.05) is 6.54 Å². The highest BCUT2D eigenvalue weighted by Gasteiger charge is 1.95. The Morgan fingerprint density at radius 2 is 2.44 bits per heavy atom. The molecular weight excluding hydrogens is 218 g/mol. The largest absolute Gasteiger partial charge is 0.312 e. The van der Waals surface area contributed by atoms with Crippen molar-refractivity contribution >= 4 is 11.3 Å². The van der Waals surface area contributed by atoms with Gasteiger partial charge in [0, 0.05) is 24.2 Å². The predicted molar refractivity (Wildman–Crippen MR) is 67.6 cm³/mol. The van der Waals surface area contributed by atoms with E-state index in [2.05, 4.69) is 41.0 Å². The van der Waals surface area contributed by atoms with Crippen LogP contribution < -0.4 is 5.32 Å². The zero-order chi connectivity index (χ0) is 11.2. The minimum atomic E-state index is 0.982. The summed E-state index contributed by atoms with van der Waals surface area (Å²) in [5.41, 5.74) is 1.23. The molecule has 0 aliphatic heterocycles. The molecule has 1 N–H and O–H groups in total. The zero-order valence-electron chi connectivity index (χ0n) is 9.52. The fourth-order valence-electron chi connectivity index (χ4n) is 1.58. The molecule has 2 aromatic heterocycles. The molecule has 0 spiro atoms. The fourth-order valence-corrected chi connectivity index (χ4v) is 2.25. The number of aryl methyl sites for hydroxylation is 2. The van der Waals surface area contributed by atoms with E-state index < -0.39 is 0 Å². The smallest absolute Gasteiger partial charge is 0.0518 e. The third-order valence-electron chi connectivity index (χ3n) is 2.38. The molecule has 0 radical (unpaired) electrons. The summed E-state index contributed by atoms with van der Waals surface area (Å²) in [7, 11) is 0. The Labute approximate surface area is 100 Å². The molecule has 0 aromatic carbocycles. The van der Waals surface area contributed by atoms with Gasteiger partial charge in [-0.15, -0.1) is 11.3 Å². The molecule has 16 heavy (non-hydrogen) atoms. The van der Waals surface area contributed by atoms with Crippen molar-refractivity contribution in [3.63, 3.8) is 0 Å². The van der Waals surface area contributed by atoms with Gasteiger partial charge in [-0.05, 0) is 36.9 Å². The number of nitrogens with one attached hydrogen (secondary N) is 1. The van der Waals surface area contributed by atoms with Crippen molar-refractivity contribution in [2.45, 2.75) is 26.4 Å². The maximum absolute atomic E-state index is 4.25. The second kappa shape index (κ2) is 5.82. The fraction of sp³-hybridized carbons (Fsp3) is 0.417. The Hall–Kier alpha value is -1.13. The first-order valence-corrected chi connectivity index (χ1v) is 6.45. The summed E-state index contributed by atoms with van der Waals surface area (Å²) in [5, 5.41) is 9.80. The Bertz CT molecular complexity index is 406. The molecule has 0 bridgehead atoms. The van der Waals surface area contributed by atoms with E-state index in [1.807, 2.05) is 10.9 Å². The van der Waals surface area contributed by atoms with Crippen molar-refractivity contribution in [1.29, 1.82) is 0 Å². The molecule has 2 aromatic rings. The molecule has 0 aliphatic carbocycles. The number of nitrogens with zero attached hydrogens (tertiary/aromatic N) is 2. The SMILES string of the molecule is Cc1cnn(CCCNCc2cccs2)c1. The average molecular weight is 235 g/mol. The summed E-state index contributed by atoms with van der Waals surface area (Å²) < 4.78 is 2.00. The first-order valence-electron chi connectivity index (χ1n) is 5.57. The lowest BCUT2D eigenvalue weighted by atomic mass is 10.4. The van der Waals surface area contributed by atoms with Gasteiger partial charge in [0.25, 0.3) is 0 Å². The molecule has 3 nitrogen and oxygen atoms in total. The van der Waals surface area contributed by atoms with Crippen LogP contribution in [0.1, 0.15) is 16.9 Å². The highest BCUT2D eigenvalue weighted by molar-refractivity contribution is 7.09. The quantitative estimate of drug-likeness (QED) is 0.779. The van der Waals surface area contributed by atoms with Gasteiger partial charge in [0.15, 0.2) is 0 Å². The van der Waals surface area contributed by atoms with Crippen LogP contribution in [0.3, 0.4) is 0 Å². The van der Waals surface area contributed by atoms with Gasteiger partial charge in [0.1, 0.15) is 0 Å². The van der Waals surface area contributed by atoms with E-state index in [1.54, 1.807) is 11.3 Å². The number of aromatic nitrogens is 2. The van der Waals surface area contributed by atoms with Crippen LogP contribution in [-0.4, -0.2) is 16.3 Å². The lowest BCUT2D eigenvalue weighted by molar-refractivity contribution is 0.544. The highest BCUT2D eigenvalue weighted by atomic mass is 32.1. The molecule has 0 fully saturated rings. The van der Waals surface area contributed by atoms with Crippen LogP contribution in [-0.2, 0) is 13.1 Å². The van der Waals surface area contributed by atoms with Gasteiger partial charge in [-0.25, -0.2) is 0 Å². The van der Waals surface area contributed by atoms with Crippen molar-refractivity contribution in [2.24, 2.45) is 0 Å². The summed E-state index contributed by atoms with van der Waals surface area (Å²) in [5.74, 6) is 0. The third-order valence-corrected chi connectivity index (χ3v) is 3.26. The molecule has 86 valence electrons. The Kier molecular flexibility index (Phi) is 4.13. The van der Waals surface area contributed by atoms with Crippen LogP contribution in [0.2, 0.25) is 0 Å².